The molecule has 0 heterocycles. The minimum atomic E-state index is -0.356. The fraction of sp³-hybridized carbons (Fsp3) is 0.357. The van der Waals surface area contributed by atoms with Crippen molar-refractivity contribution in [2.75, 3.05) is 20.3 Å². The summed E-state index contributed by atoms with van der Waals surface area (Å²) in [5, 5.41) is 0. The summed E-state index contributed by atoms with van der Waals surface area (Å²) in [7, 11) is 1.58. The van der Waals surface area contributed by atoms with Crippen LogP contribution in [0.2, 0.25) is 0 Å². The Morgan fingerprint density at radius 3 is 2.61 bits per heavy atom. The quantitative estimate of drug-likeness (QED) is 0.575. The summed E-state index contributed by atoms with van der Waals surface area (Å²) in [5.41, 5.74) is 0.850. The Morgan fingerprint density at radius 1 is 1.22 bits per heavy atom. The molecule has 0 fully saturated rings. The lowest BCUT2D eigenvalue weighted by molar-refractivity contribution is -0.137. The molecule has 4 nitrogen and oxygen atoms in total. The van der Waals surface area contributed by atoms with Crippen LogP contribution in [-0.4, -0.2) is 26.3 Å². The van der Waals surface area contributed by atoms with Crippen LogP contribution in [0, 0.1) is 0 Å². The molecule has 0 aromatic heterocycles. The van der Waals surface area contributed by atoms with Crippen LogP contribution in [0.25, 0.3) is 6.08 Å². The predicted octanol–water partition coefficient (Wildman–Crippen LogP) is 2.67. The molecule has 0 atom stereocenters. The highest BCUT2D eigenvalue weighted by Gasteiger charge is 2.04. The Bertz CT molecular complexity index is 424. The van der Waals surface area contributed by atoms with Crippen LogP contribution in [0.15, 0.2) is 24.3 Å². The molecule has 18 heavy (non-hydrogen) atoms. The molecule has 0 aliphatic heterocycles. The molecule has 0 spiro atoms. The molecule has 1 aromatic rings. The zero-order valence-corrected chi connectivity index (χ0v) is 10.9. The molecule has 0 saturated heterocycles. The van der Waals surface area contributed by atoms with E-state index in [1.807, 2.05) is 19.1 Å². The molecule has 1 rings (SSSR count). The smallest absolute Gasteiger partial charge is 0.330 e. The van der Waals surface area contributed by atoms with E-state index in [1.54, 1.807) is 26.2 Å². The average Bonchev–Trinajstić information content (AvgIpc) is 2.38. The summed E-state index contributed by atoms with van der Waals surface area (Å²) < 4.78 is 15.4. The van der Waals surface area contributed by atoms with Gasteiger partial charge in [-0.25, -0.2) is 4.79 Å². The molecule has 0 amide bonds. The van der Waals surface area contributed by atoms with Gasteiger partial charge in [-0.3, -0.25) is 0 Å². The van der Waals surface area contributed by atoms with Gasteiger partial charge in [0.05, 0.1) is 20.3 Å². The summed E-state index contributed by atoms with van der Waals surface area (Å²) in [5.74, 6) is 0.974. The Morgan fingerprint density at radius 2 is 2.00 bits per heavy atom. The monoisotopic (exact) mass is 250 g/mol. The first kappa shape index (κ1) is 14.1. The molecule has 0 unspecified atom stereocenters. The summed E-state index contributed by atoms with van der Waals surface area (Å²) >= 11 is 0. The SMILES string of the molecule is CCOC(=O)/C=C\c1ccc(OCC)c(OC)c1. The van der Waals surface area contributed by atoms with Gasteiger partial charge in [0.25, 0.3) is 0 Å². The van der Waals surface area contributed by atoms with E-state index in [2.05, 4.69) is 0 Å². The minimum Gasteiger partial charge on any atom is -0.493 e. The summed E-state index contributed by atoms with van der Waals surface area (Å²) in [4.78, 5) is 11.2. The number of methoxy groups -OCH3 is 1. The fourth-order valence-corrected chi connectivity index (χ4v) is 1.42. The number of benzene rings is 1. The molecule has 1 aromatic carbocycles. The number of esters is 1. The van der Waals surface area contributed by atoms with E-state index in [0.29, 0.717) is 24.7 Å². The number of carbonyl (C=O) groups is 1. The highest BCUT2D eigenvalue weighted by molar-refractivity contribution is 5.87. The number of carbonyl (C=O) groups excluding carboxylic acids is 1. The molecular formula is C14H18O4. The molecule has 0 bridgehead atoms. The summed E-state index contributed by atoms with van der Waals surface area (Å²) in [6.45, 7) is 4.63. The first-order chi connectivity index (χ1) is 8.71. The van der Waals surface area contributed by atoms with Crippen molar-refractivity contribution in [3.63, 3.8) is 0 Å². The van der Waals surface area contributed by atoms with Gasteiger partial charge in [0.1, 0.15) is 0 Å². The van der Waals surface area contributed by atoms with Gasteiger partial charge >= 0.3 is 5.97 Å². The van der Waals surface area contributed by atoms with Gasteiger partial charge in [0.2, 0.25) is 0 Å². The van der Waals surface area contributed by atoms with E-state index in [9.17, 15) is 4.79 Å². The third-order valence-electron chi connectivity index (χ3n) is 2.19. The number of hydrogen-bond donors (Lipinski definition) is 0. The van der Waals surface area contributed by atoms with Crippen molar-refractivity contribution in [2.45, 2.75) is 13.8 Å². The van der Waals surface area contributed by atoms with E-state index in [-0.39, 0.29) is 5.97 Å². The van der Waals surface area contributed by atoms with Crippen molar-refractivity contribution in [3.05, 3.63) is 29.8 Å². The fourth-order valence-electron chi connectivity index (χ4n) is 1.42. The first-order valence-corrected chi connectivity index (χ1v) is 5.87. The van der Waals surface area contributed by atoms with Gasteiger partial charge in [-0.05, 0) is 37.6 Å². The Labute approximate surface area is 107 Å². The lowest BCUT2D eigenvalue weighted by Gasteiger charge is -2.09. The van der Waals surface area contributed by atoms with E-state index >= 15 is 0 Å². The maximum atomic E-state index is 11.2. The molecule has 0 aliphatic carbocycles. The first-order valence-electron chi connectivity index (χ1n) is 5.87. The van der Waals surface area contributed by atoms with Crippen molar-refractivity contribution in [1.29, 1.82) is 0 Å². The van der Waals surface area contributed by atoms with Crippen LogP contribution in [0.3, 0.4) is 0 Å². The van der Waals surface area contributed by atoms with Gasteiger partial charge in [0.15, 0.2) is 11.5 Å². The van der Waals surface area contributed by atoms with Crippen LogP contribution in [0.4, 0.5) is 0 Å². The molecule has 98 valence electrons. The second-order valence-electron chi connectivity index (χ2n) is 3.43. The Hall–Kier alpha value is -1.97. The number of rotatable bonds is 6. The zero-order valence-electron chi connectivity index (χ0n) is 10.9. The van der Waals surface area contributed by atoms with Crippen LogP contribution >= 0.6 is 0 Å². The highest BCUT2D eigenvalue weighted by atomic mass is 16.5. The lowest BCUT2D eigenvalue weighted by atomic mass is 10.2. The third-order valence-corrected chi connectivity index (χ3v) is 2.19. The van der Waals surface area contributed by atoms with E-state index in [1.165, 1.54) is 6.08 Å². The van der Waals surface area contributed by atoms with Crippen molar-refractivity contribution >= 4 is 12.0 Å². The standard InChI is InChI=1S/C14H18O4/c1-4-17-12-8-6-11(10-13(12)16-3)7-9-14(15)18-5-2/h6-10H,4-5H2,1-3H3/b9-7-. The van der Waals surface area contributed by atoms with Crippen LogP contribution in [0.1, 0.15) is 19.4 Å². The Balaban J connectivity index is 2.82. The molecule has 0 radical (unpaired) electrons. The lowest BCUT2D eigenvalue weighted by Crippen LogP contribution is -1.98. The van der Waals surface area contributed by atoms with E-state index in [0.717, 1.165) is 5.56 Å². The summed E-state index contributed by atoms with van der Waals surface area (Å²) in [6, 6.07) is 5.47. The van der Waals surface area contributed by atoms with E-state index in [4.69, 9.17) is 14.2 Å². The van der Waals surface area contributed by atoms with Gasteiger partial charge in [-0.1, -0.05) is 6.07 Å². The number of ether oxygens (including phenoxy) is 3. The zero-order chi connectivity index (χ0) is 13.4. The van der Waals surface area contributed by atoms with E-state index < -0.39 is 0 Å². The van der Waals surface area contributed by atoms with Gasteiger partial charge < -0.3 is 14.2 Å². The second kappa shape index (κ2) is 7.37. The molecule has 0 aliphatic rings. The van der Waals surface area contributed by atoms with Crippen LogP contribution in [0.5, 0.6) is 11.5 Å². The molecule has 4 heteroatoms. The van der Waals surface area contributed by atoms with Gasteiger partial charge in [0, 0.05) is 6.08 Å². The highest BCUT2D eigenvalue weighted by Crippen LogP contribution is 2.28. The summed E-state index contributed by atoms with van der Waals surface area (Å²) in [6.07, 6.45) is 3.06. The van der Waals surface area contributed by atoms with Crippen molar-refractivity contribution in [2.24, 2.45) is 0 Å². The largest absolute Gasteiger partial charge is 0.493 e. The van der Waals surface area contributed by atoms with Crippen LogP contribution in [-0.2, 0) is 9.53 Å². The predicted molar refractivity (Wildman–Crippen MR) is 69.8 cm³/mol. The maximum absolute atomic E-state index is 11.2. The number of hydrogen-bond acceptors (Lipinski definition) is 4. The van der Waals surface area contributed by atoms with Gasteiger partial charge in [-0.15, -0.1) is 0 Å². The average molecular weight is 250 g/mol. The maximum Gasteiger partial charge on any atom is 0.330 e. The Kier molecular flexibility index (Phi) is 5.77. The van der Waals surface area contributed by atoms with Crippen LogP contribution < -0.4 is 9.47 Å². The molecule has 0 N–H and O–H groups in total. The van der Waals surface area contributed by atoms with Crippen molar-refractivity contribution < 1.29 is 19.0 Å². The minimum absolute atomic E-state index is 0.356. The molecular weight excluding hydrogens is 232 g/mol. The normalized spacial score (nSPS) is 10.4. The van der Waals surface area contributed by atoms with Gasteiger partial charge in [-0.2, -0.15) is 0 Å². The van der Waals surface area contributed by atoms with Crippen molar-refractivity contribution in [3.8, 4) is 11.5 Å². The molecule has 0 saturated carbocycles. The topological polar surface area (TPSA) is 44.8 Å². The second-order valence-corrected chi connectivity index (χ2v) is 3.43. The van der Waals surface area contributed by atoms with Crippen molar-refractivity contribution in [1.82, 2.24) is 0 Å². The third kappa shape index (κ3) is 4.13.